The maximum Gasteiger partial charge on any atom is 0.118 e. The highest BCUT2D eigenvalue weighted by Crippen LogP contribution is 2.29. The van der Waals surface area contributed by atoms with Gasteiger partial charge in [-0.1, -0.05) is 12.1 Å². The smallest absolute Gasteiger partial charge is 0.118 e. The van der Waals surface area contributed by atoms with E-state index in [-0.39, 0.29) is 6.61 Å². The minimum atomic E-state index is -1.18. The molecular formula is C12H16O5. The van der Waals surface area contributed by atoms with Crippen LogP contribution < -0.4 is 4.74 Å². The van der Waals surface area contributed by atoms with Gasteiger partial charge in [0.2, 0.25) is 0 Å². The van der Waals surface area contributed by atoms with Crippen molar-refractivity contribution in [2.75, 3.05) is 13.7 Å². The van der Waals surface area contributed by atoms with Crippen molar-refractivity contribution in [2.45, 2.75) is 24.4 Å². The van der Waals surface area contributed by atoms with Crippen molar-refractivity contribution in [1.82, 2.24) is 0 Å². The van der Waals surface area contributed by atoms with Crippen molar-refractivity contribution in [1.29, 1.82) is 0 Å². The molecule has 1 heterocycles. The van der Waals surface area contributed by atoms with Gasteiger partial charge in [0.25, 0.3) is 0 Å². The van der Waals surface area contributed by atoms with Crippen LogP contribution in [0.4, 0.5) is 0 Å². The maximum absolute atomic E-state index is 9.82. The van der Waals surface area contributed by atoms with Crippen molar-refractivity contribution in [2.24, 2.45) is 0 Å². The lowest BCUT2D eigenvalue weighted by Gasteiger charge is -2.35. The minimum Gasteiger partial charge on any atom is -0.497 e. The molecule has 0 saturated carbocycles. The molecule has 3 N–H and O–H groups in total. The first-order chi connectivity index (χ1) is 8.13. The zero-order valence-corrected chi connectivity index (χ0v) is 9.48. The summed E-state index contributed by atoms with van der Waals surface area (Å²) in [6.45, 7) is 0.00885. The molecule has 1 aliphatic rings. The molecule has 1 aromatic carbocycles. The van der Waals surface area contributed by atoms with Crippen molar-refractivity contribution in [3.63, 3.8) is 0 Å². The average Bonchev–Trinajstić information content (AvgIpc) is 2.36. The third-order valence-electron chi connectivity index (χ3n) is 2.95. The average molecular weight is 240 g/mol. The fourth-order valence-electron chi connectivity index (χ4n) is 1.89. The molecule has 5 heteroatoms. The van der Waals surface area contributed by atoms with Crippen LogP contribution in [0.3, 0.4) is 0 Å². The van der Waals surface area contributed by atoms with Crippen LogP contribution in [-0.4, -0.2) is 47.3 Å². The van der Waals surface area contributed by atoms with Crippen LogP contribution in [0.2, 0.25) is 0 Å². The van der Waals surface area contributed by atoms with E-state index in [0.717, 1.165) is 5.56 Å². The number of hydrogen-bond acceptors (Lipinski definition) is 5. The van der Waals surface area contributed by atoms with Gasteiger partial charge in [-0.15, -0.1) is 0 Å². The Balaban J connectivity index is 2.16. The van der Waals surface area contributed by atoms with Crippen LogP contribution in [0.15, 0.2) is 24.3 Å². The van der Waals surface area contributed by atoms with Crippen molar-refractivity contribution in [3.8, 4) is 5.75 Å². The van der Waals surface area contributed by atoms with E-state index >= 15 is 0 Å². The molecule has 1 fully saturated rings. The van der Waals surface area contributed by atoms with Gasteiger partial charge in [-0.05, 0) is 17.7 Å². The largest absolute Gasteiger partial charge is 0.497 e. The molecule has 0 spiro atoms. The number of hydrogen-bond donors (Lipinski definition) is 3. The molecule has 0 unspecified atom stereocenters. The second-order valence-electron chi connectivity index (χ2n) is 4.08. The lowest BCUT2D eigenvalue weighted by atomic mass is 9.95. The molecular weight excluding hydrogens is 224 g/mol. The summed E-state index contributed by atoms with van der Waals surface area (Å²) >= 11 is 0. The molecule has 1 aliphatic heterocycles. The zero-order valence-electron chi connectivity index (χ0n) is 9.48. The quantitative estimate of drug-likeness (QED) is 0.670. The van der Waals surface area contributed by atoms with Gasteiger partial charge >= 0.3 is 0 Å². The molecule has 0 amide bonds. The van der Waals surface area contributed by atoms with Crippen molar-refractivity contribution >= 4 is 0 Å². The Labute approximate surface area is 99.2 Å². The maximum atomic E-state index is 9.82. The predicted octanol–water partition coefficient (Wildman–Crippen LogP) is -0.151. The fraction of sp³-hybridized carbons (Fsp3) is 0.500. The second kappa shape index (κ2) is 5.01. The SMILES string of the molecule is COc1ccc([C@H]2OC[C@@H](O)[C@@H](O)[C@@H]2O)cc1. The van der Waals surface area contributed by atoms with E-state index in [0.29, 0.717) is 5.75 Å². The Bertz CT molecular complexity index is 364. The normalized spacial score (nSPS) is 33.4. The Hall–Kier alpha value is -1.14. The van der Waals surface area contributed by atoms with Crippen molar-refractivity contribution < 1.29 is 24.8 Å². The van der Waals surface area contributed by atoms with E-state index in [1.54, 1.807) is 31.4 Å². The van der Waals surface area contributed by atoms with Gasteiger partial charge in [0.1, 0.15) is 30.2 Å². The minimum absolute atomic E-state index is 0.00885. The molecule has 4 atom stereocenters. The number of aliphatic hydroxyl groups is 3. The number of rotatable bonds is 2. The van der Waals surface area contributed by atoms with Gasteiger partial charge in [-0.25, -0.2) is 0 Å². The van der Waals surface area contributed by atoms with Crippen LogP contribution in [-0.2, 0) is 4.74 Å². The second-order valence-corrected chi connectivity index (χ2v) is 4.08. The highest BCUT2D eigenvalue weighted by atomic mass is 16.5. The van der Waals surface area contributed by atoms with E-state index in [9.17, 15) is 15.3 Å². The lowest BCUT2D eigenvalue weighted by Crippen LogP contribution is -2.48. The molecule has 0 radical (unpaired) electrons. The summed E-state index contributed by atoms with van der Waals surface area (Å²) in [5.41, 5.74) is 0.740. The number of methoxy groups -OCH3 is 1. The monoisotopic (exact) mass is 240 g/mol. The van der Waals surface area contributed by atoms with Crippen molar-refractivity contribution in [3.05, 3.63) is 29.8 Å². The Kier molecular flexibility index (Phi) is 3.63. The summed E-state index contributed by atoms with van der Waals surface area (Å²) in [5.74, 6) is 0.708. The number of aliphatic hydroxyl groups excluding tert-OH is 3. The fourth-order valence-corrected chi connectivity index (χ4v) is 1.89. The van der Waals surface area contributed by atoms with E-state index < -0.39 is 24.4 Å². The first-order valence-corrected chi connectivity index (χ1v) is 5.43. The van der Waals surface area contributed by atoms with Gasteiger partial charge in [0.15, 0.2) is 0 Å². The zero-order chi connectivity index (χ0) is 12.4. The summed E-state index contributed by atoms with van der Waals surface area (Å²) in [7, 11) is 1.57. The molecule has 5 nitrogen and oxygen atoms in total. The molecule has 0 bridgehead atoms. The Morgan fingerprint density at radius 2 is 1.76 bits per heavy atom. The lowest BCUT2D eigenvalue weighted by molar-refractivity contribution is -0.189. The van der Waals surface area contributed by atoms with E-state index in [4.69, 9.17) is 9.47 Å². The first-order valence-electron chi connectivity index (χ1n) is 5.43. The van der Waals surface area contributed by atoms with Gasteiger partial charge in [0.05, 0.1) is 13.7 Å². The van der Waals surface area contributed by atoms with Gasteiger partial charge in [0, 0.05) is 0 Å². The van der Waals surface area contributed by atoms with Crippen LogP contribution in [0.1, 0.15) is 11.7 Å². The third kappa shape index (κ3) is 2.42. The molecule has 1 saturated heterocycles. The van der Waals surface area contributed by atoms with Crippen LogP contribution in [0, 0.1) is 0 Å². The number of benzene rings is 1. The molecule has 0 aliphatic carbocycles. The predicted molar refractivity (Wildman–Crippen MR) is 59.7 cm³/mol. The molecule has 0 aromatic heterocycles. The van der Waals surface area contributed by atoms with E-state index in [2.05, 4.69) is 0 Å². The van der Waals surface area contributed by atoms with Gasteiger partial charge in [-0.3, -0.25) is 0 Å². The van der Waals surface area contributed by atoms with E-state index in [1.807, 2.05) is 0 Å². The van der Waals surface area contributed by atoms with Crippen LogP contribution in [0.5, 0.6) is 5.75 Å². The number of ether oxygens (including phenoxy) is 2. The molecule has 17 heavy (non-hydrogen) atoms. The summed E-state index contributed by atoms with van der Waals surface area (Å²) in [4.78, 5) is 0. The van der Waals surface area contributed by atoms with Gasteiger partial charge < -0.3 is 24.8 Å². The summed E-state index contributed by atoms with van der Waals surface area (Å²) in [6.07, 6.45) is -3.98. The van der Waals surface area contributed by atoms with Crippen LogP contribution in [0.25, 0.3) is 0 Å². The standard InChI is InChI=1S/C12H16O5/c1-16-8-4-2-7(3-5-8)12-11(15)10(14)9(13)6-17-12/h2-5,9-15H,6H2,1H3/t9-,10-,11+,12-/m1/s1. The topological polar surface area (TPSA) is 79.2 Å². The molecule has 2 rings (SSSR count). The highest BCUT2D eigenvalue weighted by molar-refractivity contribution is 5.29. The highest BCUT2D eigenvalue weighted by Gasteiger charge is 2.38. The molecule has 1 aromatic rings. The first kappa shape index (κ1) is 12.3. The third-order valence-corrected chi connectivity index (χ3v) is 2.95. The summed E-state index contributed by atoms with van der Waals surface area (Å²) in [5, 5.41) is 28.7. The summed E-state index contributed by atoms with van der Waals surface area (Å²) in [6, 6.07) is 7.03. The van der Waals surface area contributed by atoms with Gasteiger partial charge in [-0.2, -0.15) is 0 Å². The van der Waals surface area contributed by atoms with E-state index in [1.165, 1.54) is 0 Å². The molecule has 94 valence electrons. The Morgan fingerprint density at radius 1 is 1.12 bits per heavy atom. The summed E-state index contributed by atoms with van der Waals surface area (Å²) < 4.78 is 10.4. The Morgan fingerprint density at radius 3 is 2.35 bits per heavy atom. The van der Waals surface area contributed by atoms with Crippen LogP contribution >= 0.6 is 0 Å².